The van der Waals surface area contributed by atoms with Gasteiger partial charge in [0.2, 0.25) is 0 Å². The van der Waals surface area contributed by atoms with Crippen LogP contribution in [0.1, 0.15) is 34.6 Å². The van der Waals surface area contributed by atoms with Gasteiger partial charge in [0.15, 0.2) is 0 Å². The number of hydrogen-bond acceptors (Lipinski definition) is 6. The molecule has 0 saturated heterocycles. The topological polar surface area (TPSA) is 80.3 Å². The van der Waals surface area contributed by atoms with Crippen LogP contribution in [-0.4, -0.2) is 81.8 Å². The maximum atomic E-state index is 13.4. The minimum atomic E-state index is -0.277. The van der Waals surface area contributed by atoms with Crippen LogP contribution in [0.15, 0.2) is 42.5 Å². The summed E-state index contributed by atoms with van der Waals surface area (Å²) < 4.78 is 16.9. The lowest BCUT2D eigenvalue weighted by atomic mass is 10.0. The zero-order chi connectivity index (χ0) is 24.8. The van der Waals surface area contributed by atoms with Crippen LogP contribution in [0.25, 0.3) is 0 Å². The van der Waals surface area contributed by atoms with Crippen LogP contribution >= 0.6 is 0 Å². The molecule has 3 atom stereocenters. The van der Waals surface area contributed by atoms with E-state index in [1.807, 2.05) is 0 Å². The summed E-state index contributed by atoms with van der Waals surface area (Å²) in [5.41, 5.74) is 1.40. The number of benzene rings is 2. The number of rotatable bonds is 4. The van der Waals surface area contributed by atoms with Crippen LogP contribution in [0.3, 0.4) is 0 Å². The maximum Gasteiger partial charge on any atom is 0.257 e. The van der Waals surface area contributed by atoms with Crippen molar-refractivity contribution in [3.63, 3.8) is 0 Å². The number of carbonyl (C=O) groups is 2. The molecule has 0 radical (unpaired) electrons. The number of fused-ring (bicyclic) bond motifs is 1. The first kappa shape index (κ1) is 25.5. The van der Waals surface area contributed by atoms with Gasteiger partial charge in [0.1, 0.15) is 18.1 Å². The van der Waals surface area contributed by atoms with Crippen molar-refractivity contribution in [2.75, 3.05) is 53.3 Å². The minimum absolute atomic E-state index is 0.106. The van der Waals surface area contributed by atoms with E-state index in [0.717, 1.165) is 6.54 Å². The van der Waals surface area contributed by atoms with Crippen LogP contribution in [0, 0.1) is 5.92 Å². The maximum absolute atomic E-state index is 13.4. The predicted molar refractivity (Wildman–Crippen MR) is 132 cm³/mol. The van der Waals surface area contributed by atoms with Crippen LogP contribution < -0.4 is 14.8 Å². The Morgan fingerprint density at radius 2 is 1.76 bits per heavy atom. The number of nitrogens with one attached hydrogen (secondary N) is 1. The average molecular weight is 470 g/mol. The molecule has 0 aliphatic carbocycles. The standard InChI is InChI=1S/C26H35N3O5/c1-17-14-28(3)18(2)16-34-23-12-9-20(13-22(23)26(31)29(4)15-24(17)33-6)27-25(30)19-7-10-21(32-5)11-8-19/h7-13,17-18,24H,14-16H2,1-6H3,(H,27,30)/t17-,18+,24+/m0/s1. The van der Waals surface area contributed by atoms with Gasteiger partial charge in [-0.1, -0.05) is 6.92 Å². The molecule has 34 heavy (non-hydrogen) atoms. The number of amides is 2. The highest BCUT2D eigenvalue weighted by Crippen LogP contribution is 2.26. The Morgan fingerprint density at radius 3 is 2.41 bits per heavy atom. The van der Waals surface area contributed by atoms with E-state index < -0.39 is 0 Å². The highest BCUT2D eigenvalue weighted by atomic mass is 16.5. The molecule has 0 unspecified atom stereocenters. The van der Waals surface area contributed by atoms with E-state index in [2.05, 4.69) is 31.1 Å². The second kappa shape index (κ2) is 11.4. The van der Waals surface area contributed by atoms with Crippen molar-refractivity contribution in [2.45, 2.75) is 26.0 Å². The Balaban J connectivity index is 1.88. The van der Waals surface area contributed by atoms with Gasteiger partial charge in [0.05, 0.1) is 18.8 Å². The molecule has 1 N–H and O–H groups in total. The molecular formula is C26H35N3O5. The number of ether oxygens (including phenoxy) is 3. The SMILES string of the molecule is COc1ccc(C(=O)Nc2ccc3c(c2)C(=O)N(C)C[C@@H](OC)[C@@H](C)CN(C)[C@H](C)CO3)cc1. The zero-order valence-electron chi connectivity index (χ0n) is 20.8. The number of anilines is 1. The molecule has 0 spiro atoms. The van der Waals surface area contributed by atoms with Gasteiger partial charge >= 0.3 is 0 Å². The van der Waals surface area contributed by atoms with Gasteiger partial charge in [-0.2, -0.15) is 0 Å². The average Bonchev–Trinajstić information content (AvgIpc) is 2.84. The number of methoxy groups -OCH3 is 2. The zero-order valence-corrected chi connectivity index (χ0v) is 20.8. The molecule has 0 saturated carbocycles. The van der Waals surface area contributed by atoms with E-state index in [1.165, 1.54) is 0 Å². The molecule has 2 aromatic rings. The lowest BCUT2D eigenvalue weighted by molar-refractivity contribution is 0.0150. The summed E-state index contributed by atoms with van der Waals surface area (Å²) in [5.74, 6) is 0.918. The number of hydrogen-bond donors (Lipinski definition) is 1. The van der Waals surface area contributed by atoms with Crippen molar-refractivity contribution in [2.24, 2.45) is 5.92 Å². The first-order valence-corrected chi connectivity index (χ1v) is 11.4. The third kappa shape index (κ3) is 6.07. The van der Waals surface area contributed by atoms with Gasteiger partial charge in [-0.3, -0.25) is 14.5 Å². The normalized spacial score (nSPS) is 22.1. The van der Waals surface area contributed by atoms with Crippen LogP contribution in [0.5, 0.6) is 11.5 Å². The molecule has 1 aliphatic heterocycles. The summed E-state index contributed by atoms with van der Waals surface area (Å²) in [7, 11) is 7.08. The molecule has 3 rings (SSSR count). The Labute approximate surface area is 201 Å². The Hall–Kier alpha value is -3.10. The van der Waals surface area contributed by atoms with Crippen LogP contribution in [-0.2, 0) is 4.74 Å². The second-order valence-electron chi connectivity index (χ2n) is 8.93. The smallest absolute Gasteiger partial charge is 0.257 e. The van der Waals surface area contributed by atoms with Gasteiger partial charge in [0.25, 0.3) is 11.8 Å². The van der Waals surface area contributed by atoms with Gasteiger partial charge in [-0.05, 0) is 62.4 Å². The monoisotopic (exact) mass is 469 g/mol. The highest BCUT2D eigenvalue weighted by Gasteiger charge is 2.27. The molecule has 2 amide bonds. The number of likely N-dealkylation sites (N-methyl/N-ethyl adjacent to an activating group) is 2. The molecule has 2 aromatic carbocycles. The van der Waals surface area contributed by atoms with Crippen molar-refractivity contribution in [1.29, 1.82) is 0 Å². The first-order chi connectivity index (χ1) is 16.2. The lowest BCUT2D eigenvalue weighted by Gasteiger charge is -2.34. The van der Waals surface area contributed by atoms with Gasteiger partial charge in [-0.15, -0.1) is 0 Å². The third-order valence-corrected chi connectivity index (χ3v) is 6.37. The van der Waals surface area contributed by atoms with Crippen molar-refractivity contribution in [1.82, 2.24) is 9.80 Å². The fourth-order valence-corrected chi connectivity index (χ4v) is 3.98. The summed E-state index contributed by atoms with van der Waals surface area (Å²) >= 11 is 0. The van der Waals surface area contributed by atoms with Crippen molar-refractivity contribution >= 4 is 17.5 Å². The molecule has 0 fully saturated rings. The Bertz CT molecular complexity index is 994. The molecule has 1 aliphatic rings. The van der Waals surface area contributed by atoms with E-state index in [9.17, 15) is 9.59 Å². The van der Waals surface area contributed by atoms with Crippen molar-refractivity contribution < 1.29 is 23.8 Å². The van der Waals surface area contributed by atoms with Crippen LogP contribution in [0.2, 0.25) is 0 Å². The van der Waals surface area contributed by atoms with E-state index in [4.69, 9.17) is 14.2 Å². The lowest BCUT2D eigenvalue weighted by Crippen LogP contribution is -2.45. The molecular weight excluding hydrogens is 434 g/mol. The summed E-state index contributed by atoms with van der Waals surface area (Å²) in [6, 6.07) is 12.1. The molecule has 184 valence electrons. The molecule has 1 heterocycles. The van der Waals surface area contributed by atoms with Crippen molar-refractivity contribution in [3.05, 3.63) is 53.6 Å². The quantitative estimate of drug-likeness (QED) is 0.740. The number of nitrogens with zero attached hydrogens (tertiary/aromatic N) is 2. The number of carbonyl (C=O) groups excluding carboxylic acids is 2. The first-order valence-electron chi connectivity index (χ1n) is 11.4. The second-order valence-corrected chi connectivity index (χ2v) is 8.93. The van der Waals surface area contributed by atoms with E-state index in [1.54, 1.807) is 68.6 Å². The Morgan fingerprint density at radius 1 is 1.06 bits per heavy atom. The Kier molecular flexibility index (Phi) is 8.52. The van der Waals surface area contributed by atoms with Crippen molar-refractivity contribution in [3.8, 4) is 11.5 Å². The van der Waals surface area contributed by atoms with Crippen LogP contribution in [0.4, 0.5) is 5.69 Å². The molecule has 0 aromatic heterocycles. The third-order valence-electron chi connectivity index (χ3n) is 6.37. The largest absolute Gasteiger partial charge is 0.497 e. The molecule has 8 nitrogen and oxygen atoms in total. The predicted octanol–water partition coefficient (Wildman–Crippen LogP) is 3.38. The minimum Gasteiger partial charge on any atom is -0.497 e. The van der Waals surface area contributed by atoms with E-state index in [0.29, 0.717) is 41.5 Å². The van der Waals surface area contributed by atoms with Gasteiger partial charge in [-0.25, -0.2) is 0 Å². The van der Waals surface area contributed by atoms with Gasteiger partial charge in [0, 0.05) is 44.5 Å². The van der Waals surface area contributed by atoms with E-state index in [-0.39, 0.29) is 29.9 Å². The fraction of sp³-hybridized carbons (Fsp3) is 0.462. The van der Waals surface area contributed by atoms with E-state index >= 15 is 0 Å². The van der Waals surface area contributed by atoms with Gasteiger partial charge < -0.3 is 24.4 Å². The fourth-order valence-electron chi connectivity index (χ4n) is 3.98. The molecule has 8 heteroatoms. The summed E-state index contributed by atoms with van der Waals surface area (Å²) in [6.45, 7) is 5.93. The summed E-state index contributed by atoms with van der Waals surface area (Å²) in [5, 5.41) is 2.87. The summed E-state index contributed by atoms with van der Waals surface area (Å²) in [4.78, 5) is 30.0. The highest BCUT2D eigenvalue weighted by molar-refractivity contribution is 6.05. The molecule has 0 bridgehead atoms. The summed E-state index contributed by atoms with van der Waals surface area (Å²) in [6.07, 6.45) is -0.106.